The van der Waals surface area contributed by atoms with Gasteiger partial charge in [-0.3, -0.25) is 4.99 Å². The highest BCUT2D eigenvalue weighted by Gasteiger charge is 2.02. The van der Waals surface area contributed by atoms with Gasteiger partial charge >= 0.3 is 0 Å². The molecule has 18 heavy (non-hydrogen) atoms. The predicted octanol–water partition coefficient (Wildman–Crippen LogP) is 4.08. The van der Waals surface area contributed by atoms with E-state index in [0.29, 0.717) is 5.84 Å². The fourth-order valence-corrected chi connectivity index (χ4v) is 1.96. The van der Waals surface area contributed by atoms with E-state index in [1.807, 2.05) is 48.5 Å². The second kappa shape index (κ2) is 5.61. The van der Waals surface area contributed by atoms with E-state index < -0.39 is 0 Å². The highest BCUT2D eigenvalue weighted by molar-refractivity contribution is 6.30. The van der Waals surface area contributed by atoms with E-state index >= 15 is 0 Å². The van der Waals surface area contributed by atoms with Crippen molar-refractivity contribution in [2.45, 2.75) is 0 Å². The number of hydrogen-bond donors (Lipinski definition) is 0. The topological polar surface area (TPSA) is 24.7 Å². The highest BCUT2D eigenvalue weighted by Crippen LogP contribution is 2.23. The number of hydrogen-bond acceptors (Lipinski definition) is 1. The van der Waals surface area contributed by atoms with Gasteiger partial charge in [-0.05, 0) is 30.0 Å². The van der Waals surface area contributed by atoms with Gasteiger partial charge < -0.3 is 0 Å². The minimum absolute atomic E-state index is 0.646. The average molecular weight is 257 g/mol. The Morgan fingerprint density at radius 2 is 1.78 bits per heavy atom. The van der Waals surface area contributed by atoms with Crippen molar-refractivity contribution >= 4 is 24.2 Å². The van der Waals surface area contributed by atoms with Crippen LogP contribution in [0.1, 0.15) is 5.56 Å². The molecule has 0 unspecified atom stereocenters. The molecule has 2 aromatic carbocycles. The largest absolute Gasteiger partial charge is 0.270 e. The summed E-state index contributed by atoms with van der Waals surface area (Å²) in [6, 6.07) is 15.8. The van der Waals surface area contributed by atoms with E-state index in [4.69, 9.17) is 11.6 Å². The molecule has 0 fully saturated rings. The molecular formula is C15H13ClN2. The Hall–Kier alpha value is -1.93. The lowest BCUT2D eigenvalue weighted by atomic mass is 10.0. The van der Waals surface area contributed by atoms with Crippen LogP contribution in [0.25, 0.3) is 11.1 Å². The van der Waals surface area contributed by atoms with Gasteiger partial charge in [0, 0.05) is 17.6 Å². The Morgan fingerprint density at radius 3 is 2.33 bits per heavy atom. The molecular weight excluding hydrogens is 244 g/mol. The Morgan fingerprint density at radius 1 is 1.06 bits per heavy atom. The first kappa shape index (κ1) is 12.5. The van der Waals surface area contributed by atoms with Crippen molar-refractivity contribution in [1.29, 1.82) is 0 Å². The van der Waals surface area contributed by atoms with Gasteiger partial charge in [0.1, 0.15) is 0 Å². The summed E-state index contributed by atoms with van der Waals surface area (Å²) in [6.45, 7) is 3.50. The number of nitrogens with zero attached hydrogens (tertiary/aromatic N) is 2. The zero-order valence-electron chi connectivity index (χ0n) is 10.1. The first-order valence-electron chi connectivity index (χ1n) is 5.54. The van der Waals surface area contributed by atoms with Crippen LogP contribution >= 0.6 is 11.6 Å². The van der Waals surface area contributed by atoms with Crippen LogP contribution in [0.4, 0.5) is 0 Å². The minimum atomic E-state index is 0.646. The Bertz CT molecular complexity index is 586. The Kier molecular flexibility index (Phi) is 3.90. The second-order valence-corrected chi connectivity index (χ2v) is 4.23. The van der Waals surface area contributed by atoms with E-state index in [1.165, 1.54) is 0 Å². The van der Waals surface area contributed by atoms with Gasteiger partial charge in [0.15, 0.2) is 5.84 Å². The molecule has 0 heterocycles. The van der Waals surface area contributed by atoms with Gasteiger partial charge in [-0.25, -0.2) is 4.99 Å². The molecule has 2 nitrogen and oxygen atoms in total. The predicted molar refractivity (Wildman–Crippen MR) is 78.9 cm³/mol. The van der Waals surface area contributed by atoms with Crippen LogP contribution in [0.5, 0.6) is 0 Å². The number of amidine groups is 1. The quantitative estimate of drug-likeness (QED) is 0.571. The van der Waals surface area contributed by atoms with Crippen molar-refractivity contribution in [3.8, 4) is 11.1 Å². The van der Waals surface area contributed by atoms with Crippen molar-refractivity contribution in [3.63, 3.8) is 0 Å². The first-order valence-corrected chi connectivity index (χ1v) is 5.92. The molecule has 0 saturated carbocycles. The van der Waals surface area contributed by atoms with Crippen LogP contribution in [0.3, 0.4) is 0 Å². The molecule has 0 radical (unpaired) electrons. The molecule has 90 valence electrons. The van der Waals surface area contributed by atoms with E-state index in [-0.39, 0.29) is 0 Å². The third kappa shape index (κ3) is 2.66. The van der Waals surface area contributed by atoms with E-state index in [0.717, 1.165) is 21.7 Å². The van der Waals surface area contributed by atoms with Gasteiger partial charge in [-0.15, -0.1) is 0 Å². The summed E-state index contributed by atoms with van der Waals surface area (Å²) in [5.74, 6) is 0.646. The highest BCUT2D eigenvalue weighted by atomic mass is 35.5. The monoisotopic (exact) mass is 256 g/mol. The lowest BCUT2D eigenvalue weighted by Crippen LogP contribution is -1.95. The zero-order valence-corrected chi connectivity index (χ0v) is 10.9. The maximum absolute atomic E-state index is 5.98. The van der Waals surface area contributed by atoms with Gasteiger partial charge in [-0.1, -0.05) is 48.0 Å². The Labute approximate surface area is 112 Å². The summed E-state index contributed by atoms with van der Waals surface area (Å²) in [5, 5.41) is 0.736. The Balaban J connectivity index is 2.36. The number of rotatable bonds is 2. The molecule has 0 saturated heterocycles. The summed E-state index contributed by atoms with van der Waals surface area (Å²) in [7, 11) is 1.70. The summed E-state index contributed by atoms with van der Waals surface area (Å²) in [5.41, 5.74) is 3.16. The standard InChI is InChI=1S/C15H13ClN2/c1-17-15(18-2)12-8-6-11(7-9-12)13-4-3-5-14(16)10-13/h3-10H,1H2,2H3/b18-15-. The molecule has 3 heteroatoms. The van der Waals surface area contributed by atoms with Gasteiger partial charge in [0.2, 0.25) is 0 Å². The molecule has 2 rings (SSSR count). The first-order chi connectivity index (χ1) is 8.74. The SMILES string of the molecule is C=N/C(=N\C)c1ccc(-c2cccc(Cl)c2)cc1. The maximum Gasteiger partial charge on any atom is 0.153 e. The van der Waals surface area contributed by atoms with Crippen LogP contribution in [-0.4, -0.2) is 19.6 Å². The van der Waals surface area contributed by atoms with Crippen LogP contribution in [0.2, 0.25) is 5.02 Å². The molecule has 0 aliphatic heterocycles. The van der Waals surface area contributed by atoms with Gasteiger partial charge in [-0.2, -0.15) is 0 Å². The van der Waals surface area contributed by atoms with E-state index in [1.54, 1.807) is 7.05 Å². The van der Waals surface area contributed by atoms with Crippen LogP contribution in [-0.2, 0) is 0 Å². The lowest BCUT2D eigenvalue weighted by molar-refractivity contribution is 1.39. The van der Waals surface area contributed by atoms with E-state index in [9.17, 15) is 0 Å². The summed E-state index contributed by atoms with van der Waals surface area (Å²) >= 11 is 5.98. The van der Waals surface area contributed by atoms with E-state index in [2.05, 4.69) is 16.7 Å². The van der Waals surface area contributed by atoms with Crippen molar-refractivity contribution in [2.24, 2.45) is 9.98 Å². The molecule has 2 aromatic rings. The summed E-state index contributed by atoms with van der Waals surface area (Å²) in [6.07, 6.45) is 0. The molecule has 0 atom stereocenters. The number of halogens is 1. The van der Waals surface area contributed by atoms with Crippen molar-refractivity contribution in [2.75, 3.05) is 7.05 Å². The number of benzene rings is 2. The molecule has 0 spiro atoms. The van der Waals surface area contributed by atoms with Crippen molar-refractivity contribution in [3.05, 3.63) is 59.1 Å². The maximum atomic E-state index is 5.98. The molecule has 0 bridgehead atoms. The van der Waals surface area contributed by atoms with Crippen LogP contribution in [0, 0.1) is 0 Å². The third-order valence-electron chi connectivity index (χ3n) is 2.66. The third-order valence-corrected chi connectivity index (χ3v) is 2.90. The molecule has 0 amide bonds. The minimum Gasteiger partial charge on any atom is -0.270 e. The van der Waals surface area contributed by atoms with Gasteiger partial charge in [0.05, 0.1) is 0 Å². The summed E-state index contributed by atoms with van der Waals surface area (Å²) in [4.78, 5) is 7.93. The van der Waals surface area contributed by atoms with Crippen LogP contribution in [0.15, 0.2) is 58.5 Å². The molecule has 0 aliphatic rings. The normalized spacial score (nSPS) is 11.3. The smallest absolute Gasteiger partial charge is 0.153 e. The average Bonchev–Trinajstić information content (AvgIpc) is 2.41. The van der Waals surface area contributed by atoms with Crippen LogP contribution < -0.4 is 0 Å². The van der Waals surface area contributed by atoms with Gasteiger partial charge in [0.25, 0.3) is 0 Å². The lowest BCUT2D eigenvalue weighted by Gasteiger charge is -2.04. The molecule has 0 N–H and O–H groups in total. The van der Waals surface area contributed by atoms with Crippen molar-refractivity contribution in [1.82, 2.24) is 0 Å². The molecule has 0 aromatic heterocycles. The number of aliphatic imine (C=N–C) groups is 2. The molecule has 0 aliphatic carbocycles. The fourth-order valence-electron chi connectivity index (χ4n) is 1.77. The second-order valence-electron chi connectivity index (χ2n) is 3.79. The van der Waals surface area contributed by atoms with Crippen molar-refractivity contribution < 1.29 is 0 Å². The fraction of sp³-hybridized carbons (Fsp3) is 0.0667. The zero-order chi connectivity index (χ0) is 13.0. The summed E-state index contributed by atoms with van der Waals surface area (Å²) < 4.78 is 0.